The molecular weight excluding hydrogens is 220 g/mol. The summed E-state index contributed by atoms with van der Waals surface area (Å²) in [4.78, 5) is 4.34. The van der Waals surface area contributed by atoms with Crippen molar-refractivity contribution in [2.45, 2.75) is 20.1 Å². The maximum atomic E-state index is 5.64. The highest BCUT2D eigenvalue weighted by Crippen LogP contribution is 2.15. The minimum absolute atomic E-state index is 0.512. The Balaban J connectivity index is 1.99. The fourth-order valence-electron chi connectivity index (χ4n) is 1.39. The van der Waals surface area contributed by atoms with Crippen molar-refractivity contribution in [3.8, 4) is 5.75 Å². The van der Waals surface area contributed by atoms with Gasteiger partial charge in [-0.25, -0.2) is 4.98 Å². The van der Waals surface area contributed by atoms with Gasteiger partial charge in [-0.1, -0.05) is 12.1 Å². The molecule has 0 atom stereocenters. The van der Waals surface area contributed by atoms with Gasteiger partial charge in [-0.3, -0.25) is 0 Å². The van der Waals surface area contributed by atoms with Crippen molar-refractivity contribution in [3.63, 3.8) is 0 Å². The summed E-state index contributed by atoms with van der Waals surface area (Å²) in [5, 5.41) is 3.08. The summed E-state index contributed by atoms with van der Waals surface area (Å²) in [6, 6.07) is 7.82. The summed E-state index contributed by atoms with van der Waals surface area (Å²) in [6.07, 6.45) is 0. The number of hydrogen-bond donors (Lipinski definition) is 1. The normalized spacial score (nSPS) is 10.4. The molecule has 0 unspecified atom stereocenters. The van der Waals surface area contributed by atoms with Gasteiger partial charge in [-0.15, -0.1) is 11.3 Å². The lowest BCUT2D eigenvalue weighted by molar-refractivity contribution is 0.301. The van der Waals surface area contributed by atoms with Gasteiger partial charge >= 0.3 is 0 Å². The van der Waals surface area contributed by atoms with E-state index in [1.54, 1.807) is 11.3 Å². The first kappa shape index (κ1) is 11.1. The van der Waals surface area contributed by atoms with Crippen LogP contribution in [0.5, 0.6) is 5.75 Å². The predicted octanol–water partition coefficient (Wildman–Crippen LogP) is 2.49. The third-order valence-electron chi connectivity index (χ3n) is 2.19. The molecule has 0 fully saturated rings. The first-order chi connectivity index (χ1) is 7.78. The zero-order chi connectivity index (χ0) is 11.4. The second-order valence-electron chi connectivity index (χ2n) is 3.50. The van der Waals surface area contributed by atoms with Gasteiger partial charge in [0, 0.05) is 11.9 Å². The van der Waals surface area contributed by atoms with Crippen LogP contribution >= 0.6 is 11.3 Å². The Morgan fingerprint density at radius 1 is 1.44 bits per heavy atom. The molecule has 84 valence electrons. The molecule has 2 rings (SSSR count). The van der Waals surface area contributed by atoms with Crippen LogP contribution in [0.4, 0.5) is 0 Å². The Hall–Kier alpha value is -1.39. The lowest BCUT2D eigenvalue weighted by Gasteiger charge is -2.05. The lowest BCUT2D eigenvalue weighted by atomic mass is 10.2. The number of nitrogens with zero attached hydrogens (tertiary/aromatic N) is 1. The van der Waals surface area contributed by atoms with E-state index in [1.807, 2.05) is 36.6 Å². The minimum atomic E-state index is 0.512. The highest BCUT2D eigenvalue weighted by Gasteiger charge is 2.00. The van der Waals surface area contributed by atoms with E-state index in [4.69, 9.17) is 10.5 Å². The number of aromatic nitrogens is 1. The fourth-order valence-corrected chi connectivity index (χ4v) is 1.99. The number of nitrogens with two attached hydrogens (primary N) is 1. The molecule has 1 aromatic heterocycles. The van der Waals surface area contributed by atoms with Crippen molar-refractivity contribution < 1.29 is 4.74 Å². The summed E-state index contributed by atoms with van der Waals surface area (Å²) in [5.74, 6) is 0.841. The Kier molecular flexibility index (Phi) is 3.54. The molecule has 1 heterocycles. The zero-order valence-electron chi connectivity index (χ0n) is 9.14. The van der Waals surface area contributed by atoms with E-state index >= 15 is 0 Å². The van der Waals surface area contributed by atoms with E-state index in [2.05, 4.69) is 4.98 Å². The predicted molar refractivity (Wildman–Crippen MR) is 65.5 cm³/mol. The molecule has 0 aliphatic carbocycles. The average molecular weight is 234 g/mol. The third kappa shape index (κ3) is 2.81. The van der Waals surface area contributed by atoms with Crippen LogP contribution in [-0.4, -0.2) is 4.98 Å². The molecule has 0 amide bonds. The van der Waals surface area contributed by atoms with Gasteiger partial charge in [0.15, 0.2) is 0 Å². The summed E-state index contributed by atoms with van der Waals surface area (Å²) in [6.45, 7) is 3.04. The number of aryl methyl sites for hydroxylation is 1. The van der Waals surface area contributed by atoms with Crippen molar-refractivity contribution in [2.75, 3.05) is 0 Å². The van der Waals surface area contributed by atoms with Gasteiger partial charge in [0.05, 0.1) is 10.7 Å². The van der Waals surface area contributed by atoms with E-state index < -0.39 is 0 Å². The number of benzene rings is 1. The minimum Gasteiger partial charge on any atom is -0.487 e. The Morgan fingerprint density at radius 2 is 2.31 bits per heavy atom. The molecule has 16 heavy (non-hydrogen) atoms. The Morgan fingerprint density at radius 3 is 3.00 bits per heavy atom. The Labute approximate surface area is 98.9 Å². The van der Waals surface area contributed by atoms with Crippen molar-refractivity contribution in [1.82, 2.24) is 4.98 Å². The zero-order valence-corrected chi connectivity index (χ0v) is 9.96. The molecular formula is C12H14N2OS. The van der Waals surface area contributed by atoms with Crippen LogP contribution in [0.3, 0.4) is 0 Å². The van der Waals surface area contributed by atoms with Gasteiger partial charge in [-0.2, -0.15) is 0 Å². The topological polar surface area (TPSA) is 48.1 Å². The second-order valence-corrected chi connectivity index (χ2v) is 4.56. The standard InChI is InChI=1S/C12H14N2OS/c1-9-14-11(8-16-9)7-15-12-4-2-3-10(5-12)6-13/h2-5,8H,6-7,13H2,1H3. The molecule has 0 aliphatic rings. The first-order valence-corrected chi connectivity index (χ1v) is 5.98. The lowest BCUT2D eigenvalue weighted by Crippen LogP contribution is -1.99. The molecule has 1 aromatic carbocycles. The highest BCUT2D eigenvalue weighted by molar-refractivity contribution is 7.09. The molecule has 0 saturated carbocycles. The largest absolute Gasteiger partial charge is 0.487 e. The maximum Gasteiger partial charge on any atom is 0.131 e. The van der Waals surface area contributed by atoms with E-state index in [-0.39, 0.29) is 0 Å². The number of thiazole rings is 1. The molecule has 0 spiro atoms. The molecule has 0 aliphatic heterocycles. The maximum absolute atomic E-state index is 5.64. The average Bonchev–Trinajstić information content (AvgIpc) is 2.73. The van der Waals surface area contributed by atoms with Gasteiger partial charge in [0.25, 0.3) is 0 Å². The third-order valence-corrected chi connectivity index (χ3v) is 3.01. The summed E-state index contributed by atoms with van der Waals surface area (Å²) < 4.78 is 5.64. The monoisotopic (exact) mass is 234 g/mol. The molecule has 0 radical (unpaired) electrons. The van der Waals surface area contributed by atoms with Gasteiger partial charge in [0.2, 0.25) is 0 Å². The van der Waals surface area contributed by atoms with Crippen molar-refractivity contribution in [1.29, 1.82) is 0 Å². The molecule has 0 bridgehead atoms. The summed E-state index contributed by atoms with van der Waals surface area (Å²) in [7, 11) is 0. The Bertz CT molecular complexity index is 468. The SMILES string of the molecule is Cc1nc(COc2cccc(CN)c2)cs1. The number of ether oxygens (including phenoxy) is 1. The first-order valence-electron chi connectivity index (χ1n) is 5.11. The summed E-state index contributed by atoms with van der Waals surface area (Å²) in [5.41, 5.74) is 7.61. The van der Waals surface area contributed by atoms with E-state index in [9.17, 15) is 0 Å². The van der Waals surface area contributed by atoms with Crippen LogP contribution in [0.25, 0.3) is 0 Å². The number of hydrogen-bond acceptors (Lipinski definition) is 4. The summed E-state index contributed by atoms with van der Waals surface area (Å²) >= 11 is 1.64. The van der Waals surface area contributed by atoms with Crippen LogP contribution in [0, 0.1) is 6.92 Å². The number of rotatable bonds is 4. The fraction of sp³-hybridized carbons (Fsp3) is 0.250. The van der Waals surface area contributed by atoms with Crippen molar-refractivity contribution >= 4 is 11.3 Å². The van der Waals surface area contributed by atoms with Crippen LogP contribution in [0.2, 0.25) is 0 Å². The van der Waals surface area contributed by atoms with Crippen molar-refractivity contribution in [3.05, 3.63) is 45.9 Å². The highest BCUT2D eigenvalue weighted by atomic mass is 32.1. The van der Waals surface area contributed by atoms with E-state index in [1.165, 1.54) is 0 Å². The van der Waals surface area contributed by atoms with E-state index in [0.717, 1.165) is 22.0 Å². The van der Waals surface area contributed by atoms with Crippen LogP contribution in [0.1, 0.15) is 16.3 Å². The molecule has 3 nitrogen and oxygen atoms in total. The van der Waals surface area contributed by atoms with Crippen LogP contribution < -0.4 is 10.5 Å². The second kappa shape index (κ2) is 5.09. The van der Waals surface area contributed by atoms with E-state index in [0.29, 0.717) is 13.2 Å². The smallest absolute Gasteiger partial charge is 0.131 e. The van der Waals surface area contributed by atoms with Crippen molar-refractivity contribution in [2.24, 2.45) is 5.73 Å². The van der Waals surface area contributed by atoms with Crippen LogP contribution in [0.15, 0.2) is 29.6 Å². The molecule has 2 N–H and O–H groups in total. The van der Waals surface area contributed by atoms with Crippen LogP contribution in [-0.2, 0) is 13.2 Å². The molecule has 0 saturated heterocycles. The van der Waals surface area contributed by atoms with Gasteiger partial charge in [0.1, 0.15) is 12.4 Å². The van der Waals surface area contributed by atoms with Gasteiger partial charge in [-0.05, 0) is 24.6 Å². The molecule has 2 aromatic rings. The molecule has 4 heteroatoms. The quantitative estimate of drug-likeness (QED) is 0.884. The van der Waals surface area contributed by atoms with Gasteiger partial charge < -0.3 is 10.5 Å².